The zero-order valence-electron chi connectivity index (χ0n) is 26.3. The molecule has 4 rings (SSSR count). The lowest BCUT2D eigenvalue weighted by atomic mass is 9.92. The van der Waals surface area contributed by atoms with Crippen LogP contribution >= 0.6 is 0 Å². The minimum atomic E-state index is -0.350. The summed E-state index contributed by atoms with van der Waals surface area (Å²) in [4.78, 5) is 37.5. The number of carbonyl (C=O) groups excluding carboxylic acids is 1. The molecule has 1 saturated heterocycles. The third kappa shape index (κ3) is 7.73. The Morgan fingerprint density at radius 2 is 2.00 bits per heavy atom. The van der Waals surface area contributed by atoms with Crippen LogP contribution in [0.25, 0.3) is 11.3 Å². The quantitative estimate of drug-likeness (QED) is 0.186. The van der Waals surface area contributed by atoms with Gasteiger partial charge in [-0.1, -0.05) is 58.0 Å². The average Bonchev–Trinajstić information content (AvgIpc) is 3.40. The fraction of sp³-hybridized carbons (Fsp3) is 0.382. The topological polar surface area (TPSA) is 115 Å². The van der Waals surface area contributed by atoms with E-state index in [9.17, 15) is 9.59 Å². The summed E-state index contributed by atoms with van der Waals surface area (Å²) in [6.07, 6.45) is 10.3. The molecule has 3 N–H and O–H groups in total. The number of hydrogen-bond donors (Lipinski definition) is 3. The first-order valence-electron chi connectivity index (χ1n) is 14.9. The highest BCUT2D eigenvalue weighted by atomic mass is 16.1. The molecule has 0 radical (unpaired) electrons. The summed E-state index contributed by atoms with van der Waals surface area (Å²) < 4.78 is 0. The molecule has 3 heterocycles. The molecule has 1 aromatic carbocycles. The maximum atomic E-state index is 13.3. The summed E-state index contributed by atoms with van der Waals surface area (Å²) in [6.45, 7) is 13.2. The maximum absolute atomic E-state index is 13.3. The van der Waals surface area contributed by atoms with Gasteiger partial charge in [-0.3, -0.25) is 19.5 Å². The lowest BCUT2D eigenvalue weighted by Gasteiger charge is -2.19. The second kappa shape index (κ2) is 13.7. The number of aliphatic imine (C=N–C) groups is 1. The van der Waals surface area contributed by atoms with Gasteiger partial charge in [-0.25, -0.2) is 10.1 Å². The Morgan fingerprint density at radius 3 is 2.63 bits per heavy atom. The van der Waals surface area contributed by atoms with Crippen molar-refractivity contribution >= 4 is 29.3 Å². The number of carbonyl (C=O) groups is 1. The van der Waals surface area contributed by atoms with Gasteiger partial charge in [0.1, 0.15) is 11.5 Å². The van der Waals surface area contributed by atoms with Crippen LogP contribution in [0.15, 0.2) is 75.8 Å². The van der Waals surface area contributed by atoms with E-state index in [-0.39, 0.29) is 16.9 Å². The molecule has 1 unspecified atom stereocenters. The van der Waals surface area contributed by atoms with E-state index in [0.29, 0.717) is 40.9 Å². The first kappa shape index (κ1) is 31.6. The molecule has 0 aliphatic carbocycles. The molecule has 1 aliphatic heterocycles. The number of nitrogens with one attached hydrogen (secondary N) is 3. The number of aromatic amines is 1. The highest BCUT2D eigenvalue weighted by Gasteiger charge is 2.23. The number of amides is 1. The Kier molecular flexibility index (Phi) is 10.1. The van der Waals surface area contributed by atoms with E-state index >= 15 is 0 Å². The predicted molar refractivity (Wildman–Crippen MR) is 176 cm³/mol. The molecular weight excluding hydrogens is 538 g/mol. The van der Waals surface area contributed by atoms with Gasteiger partial charge in [-0.2, -0.15) is 5.10 Å². The lowest BCUT2D eigenvalue weighted by molar-refractivity contribution is -0.112. The molecular formula is C34H43N7O2. The second-order valence-electron chi connectivity index (χ2n) is 11.9. The Labute approximate surface area is 254 Å². The molecule has 1 amide bonds. The van der Waals surface area contributed by atoms with Gasteiger partial charge < -0.3 is 10.6 Å². The zero-order chi connectivity index (χ0) is 31.1. The van der Waals surface area contributed by atoms with Crippen LogP contribution in [-0.2, 0) is 4.79 Å². The Balaban J connectivity index is 1.54. The molecule has 3 aromatic rings. The van der Waals surface area contributed by atoms with Gasteiger partial charge in [0, 0.05) is 40.8 Å². The number of benzene rings is 1. The number of hydrogen-bond acceptors (Lipinski definition) is 7. The molecule has 226 valence electrons. The van der Waals surface area contributed by atoms with Gasteiger partial charge in [-0.15, -0.1) is 0 Å². The highest BCUT2D eigenvalue weighted by Crippen LogP contribution is 2.31. The van der Waals surface area contributed by atoms with E-state index < -0.39 is 0 Å². The molecule has 0 bridgehead atoms. The van der Waals surface area contributed by atoms with Crippen LogP contribution in [-0.4, -0.2) is 45.8 Å². The zero-order valence-corrected chi connectivity index (χ0v) is 26.3. The molecule has 1 fully saturated rings. The number of H-pyrrole nitrogens is 1. The SMILES string of the molecule is C\C=C(/N=C/C(=C/CC)C(=O)Nc1cccc(-c2cc(Nc3ccc(C4CCCN4C)cn3)c(=O)[nH]n2)c1C)C(C)(C)C. The average molecular weight is 582 g/mol. The summed E-state index contributed by atoms with van der Waals surface area (Å²) in [5, 5.41) is 13.1. The minimum Gasteiger partial charge on any atom is -0.336 e. The van der Waals surface area contributed by atoms with Crippen LogP contribution in [0.4, 0.5) is 17.2 Å². The van der Waals surface area contributed by atoms with Crippen LogP contribution < -0.4 is 16.2 Å². The third-order valence-electron chi connectivity index (χ3n) is 7.69. The molecule has 0 saturated carbocycles. The summed E-state index contributed by atoms with van der Waals surface area (Å²) in [7, 11) is 2.13. The third-order valence-corrected chi connectivity index (χ3v) is 7.69. The van der Waals surface area contributed by atoms with Gasteiger partial charge in [0.25, 0.3) is 11.5 Å². The predicted octanol–water partition coefficient (Wildman–Crippen LogP) is 6.95. The van der Waals surface area contributed by atoms with Gasteiger partial charge >= 0.3 is 0 Å². The standard InChI is InChI=1S/C34H43N7O2/c1-8-12-24(21-35-30(9-2)34(4,5)6)32(42)38-26-14-10-13-25(22(26)3)27-19-28(33(43)40-39-27)37-31-17-16-23(20-36-31)29-15-11-18-41(29)7/h9-10,12-14,16-17,19-21,29H,8,11,15,18H2,1-7H3,(H,38,42)(H,40,43)(H,36,37,39)/b24-12-,30-9-,35-21+. The molecule has 1 atom stereocenters. The van der Waals surface area contributed by atoms with E-state index in [4.69, 9.17) is 0 Å². The normalized spacial score (nSPS) is 16.6. The number of rotatable bonds is 9. The molecule has 9 heteroatoms. The van der Waals surface area contributed by atoms with Crippen molar-refractivity contribution in [1.82, 2.24) is 20.1 Å². The van der Waals surface area contributed by atoms with Crippen molar-refractivity contribution in [2.45, 2.75) is 66.8 Å². The molecule has 2 aromatic heterocycles. The van der Waals surface area contributed by atoms with Gasteiger partial charge in [0.15, 0.2) is 0 Å². The summed E-state index contributed by atoms with van der Waals surface area (Å²) in [5.74, 6) is 0.333. The number of allylic oxidation sites excluding steroid dienone is 3. The first-order chi connectivity index (χ1) is 20.5. The highest BCUT2D eigenvalue weighted by molar-refractivity contribution is 6.18. The smallest absolute Gasteiger partial charge is 0.287 e. The van der Waals surface area contributed by atoms with E-state index in [1.165, 1.54) is 12.0 Å². The van der Waals surface area contributed by atoms with Crippen molar-refractivity contribution in [2.75, 3.05) is 24.2 Å². The molecule has 43 heavy (non-hydrogen) atoms. The van der Waals surface area contributed by atoms with E-state index in [0.717, 1.165) is 29.8 Å². The van der Waals surface area contributed by atoms with Gasteiger partial charge in [0.05, 0.1) is 11.3 Å². The van der Waals surface area contributed by atoms with Gasteiger partial charge in [0.2, 0.25) is 0 Å². The lowest BCUT2D eigenvalue weighted by Crippen LogP contribution is -2.18. The molecule has 0 spiro atoms. The summed E-state index contributed by atoms with van der Waals surface area (Å²) in [6, 6.07) is 11.6. The van der Waals surface area contributed by atoms with Crippen molar-refractivity contribution in [2.24, 2.45) is 10.4 Å². The largest absolute Gasteiger partial charge is 0.336 e. The van der Waals surface area contributed by atoms with Crippen LogP contribution in [0.3, 0.4) is 0 Å². The van der Waals surface area contributed by atoms with Crippen LogP contribution in [0.2, 0.25) is 0 Å². The minimum absolute atomic E-state index is 0.132. The number of pyridine rings is 1. The summed E-state index contributed by atoms with van der Waals surface area (Å²) >= 11 is 0. The number of aromatic nitrogens is 3. The van der Waals surface area contributed by atoms with Crippen LogP contribution in [0.1, 0.15) is 71.0 Å². The first-order valence-corrected chi connectivity index (χ1v) is 14.9. The number of likely N-dealkylation sites (tertiary alicyclic amines) is 1. The van der Waals surface area contributed by atoms with E-state index in [1.807, 2.05) is 63.4 Å². The fourth-order valence-electron chi connectivity index (χ4n) is 5.29. The van der Waals surface area contributed by atoms with E-state index in [2.05, 4.69) is 69.6 Å². The van der Waals surface area contributed by atoms with Crippen molar-refractivity contribution < 1.29 is 4.79 Å². The van der Waals surface area contributed by atoms with Crippen molar-refractivity contribution in [1.29, 1.82) is 0 Å². The fourth-order valence-corrected chi connectivity index (χ4v) is 5.29. The van der Waals surface area contributed by atoms with Crippen LogP contribution in [0, 0.1) is 12.3 Å². The monoisotopic (exact) mass is 581 g/mol. The van der Waals surface area contributed by atoms with Crippen molar-refractivity contribution in [3.63, 3.8) is 0 Å². The van der Waals surface area contributed by atoms with Crippen molar-refractivity contribution in [3.8, 4) is 11.3 Å². The molecule has 1 aliphatic rings. The number of nitrogens with zero attached hydrogens (tertiary/aromatic N) is 4. The Bertz CT molecular complexity index is 1590. The van der Waals surface area contributed by atoms with Crippen molar-refractivity contribution in [3.05, 3.63) is 87.5 Å². The maximum Gasteiger partial charge on any atom is 0.287 e. The number of anilines is 3. The summed E-state index contributed by atoms with van der Waals surface area (Å²) in [5.41, 5.74) is 5.23. The van der Waals surface area contributed by atoms with Crippen LogP contribution in [0.5, 0.6) is 0 Å². The Hall–Kier alpha value is -4.37. The second-order valence-corrected chi connectivity index (χ2v) is 11.9. The molecule has 9 nitrogen and oxygen atoms in total. The van der Waals surface area contributed by atoms with E-state index in [1.54, 1.807) is 12.3 Å². The Morgan fingerprint density at radius 1 is 1.21 bits per heavy atom. The van der Waals surface area contributed by atoms with Gasteiger partial charge in [-0.05, 0) is 76.0 Å².